The Labute approximate surface area is 148 Å². The van der Waals surface area contributed by atoms with Gasteiger partial charge in [0, 0.05) is 39.6 Å². The molecule has 0 saturated carbocycles. The van der Waals surface area contributed by atoms with E-state index in [2.05, 4.69) is 4.99 Å². The van der Waals surface area contributed by atoms with Gasteiger partial charge >= 0.3 is 0 Å². The molecule has 0 radical (unpaired) electrons. The average Bonchev–Trinajstić information content (AvgIpc) is 2.56. The van der Waals surface area contributed by atoms with Gasteiger partial charge < -0.3 is 10.6 Å². The molecule has 0 amide bonds. The highest BCUT2D eigenvalue weighted by atomic mass is 35.5. The first-order valence-corrected chi connectivity index (χ1v) is 9.94. The fourth-order valence-corrected chi connectivity index (χ4v) is 3.40. The Morgan fingerprint density at radius 3 is 2.65 bits per heavy atom. The van der Waals surface area contributed by atoms with Crippen LogP contribution in [0.3, 0.4) is 0 Å². The van der Waals surface area contributed by atoms with Gasteiger partial charge in [-0.2, -0.15) is 0 Å². The minimum atomic E-state index is -1.05. The average molecular weight is 368 g/mol. The molecule has 2 rings (SSSR count). The van der Waals surface area contributed by atoms with Gasteiger partial charge in [-0.1, -0.05) is 23.7 Å². The molecule has 23 heavy (non-hydrogen) atoms. The molecule has 0 heterocycles. The maximum absolute atomic E-state index is 11.6. The van der Waals surface area contributed by atoms with E-state index in [4.69, 9.17) is 17.3 Å². The number of thioether (sulfide) groups is 1. The van der Waals surface area contributed by atoms with Gasteiger partial charge in [-0.25, -0.2) is 4.99 Å². The third kappa shape index (κ3) is 4.28. The zero-order valence-electron chi connectivity index (χ0n) is 13.1. The predicted octanol–water partition coefficient (Wildman–Crippen LogP) is 3.88. The van der Waals surface area contributed by atoms with Crippen LogP contribution in [0.25, 0.3) is 0 Å². The first-order valence-electron chi connectivity index (χ1n) is 6.78. The van der Waals surface area contributed by atoms with Crippen LogP contribution in [0.15, 0.2) is 57.2 Å². The van der Waals surface area contributed by atoms with Crippen LogP contribution in [0.2, 0.25) is 5.02 Å². The van der Waals surface area contributed by atoms with Crippen molar-refractivity contribution in [2.45, 2.75) is 9.79 Å². The van der Waals surface area contributed by atoms with Gasteiger partial charge in [-0.3, -0.25) is 4.21 Å². The van der Waals surface area contributed by atoms with Crippen molar-refractivity contribution in [2.24, 2.45) is 10.7 Å². The van der Waals surface area contributed by atoms with Crippen molar-refractivity contribution in [1.82, 2.24) is 0 Å². The lowest BCUT2D eigenvalue weighted by atomic mass is 10.3. The maximum Gasteiger partial charge on any atom is 0.200 e. The Hall–Kier alpha value is -1.50. The van der Waals surface area contributed by atoms with Crippen molar-refractivity contribution in [3.05, 3.63) is 47.5 Å². The Bertz CT molecular complexity index is 765. The summed E-state index contributed by atoms with van der Waals surface area (Å²) in [6.07, 6.45) is 3.60. The first kappa shape index (κ1) is 17.8. The molecular weight excluding hydrogens is 350 g/mol. The van der Waals surface area contributed by atoms with Crippen LogP contribution < -0.4 is 10.6 Å². The molecule has 122 valence electrons. The number of nitrogens with two attached hydrogens (primary N) is 1. The van der Waals surface area contributed by atoms with Gasteiger partial charge in [0.25, 0.3) is 0 Å². The molecule has 0 bridgehead atoms. The molecule has 0 aliphatic carbocycles. The SMILES string of the molecule is CSc1cccc(N=C(N)N(C)c2cccc([S@@](C)=O)c2)c1Cl. The molecule has 0 aliphatic heterocycles. The molecular formula is C16H18ClN3OS2. The van der Waals surface area contributed by atoms with Crippen LogP contribution in [-0.2, 0) is 10.8 Å². The van der Waals surface area contributed by atoms with E-state index < -0.39 is 10.8 Å². The molecule has 2 aromatic carbocycles. The highest BCUT2D eigenvalue weighted by molar-refractivity contribution is 7.98. The predicted molar refractivity (Wildman–Crippen MR) is 102 cm³/mol. The van der Waals surface area contributed by atoms with E-state index in [9.17, 15) is 4.21 Å². The molecule has 2 N–H and O–H groups in total. The van der Waals surface area contributed by atoms with Crippen LogP contribution >= 0.6 is 23.4 Å². The number of rotatable bonds is 4. The molecule has 1 atom stereocenters. The molecule has 4 nitrogen and oxygen atoms in total. The minimum absolute atomic E-state index is 0.309. The molecule has 0 aromatic heterocycles. The highest BCUT2D eigenvalue weighted by Gasteiger charge is 2.10. The highest BCUT2D eigenvalue weighted by Crippen LogP contribution is 2.33. The van der Waals surface area contributed by atoms with E-state index in [0.717, 1.165) is 15.5 Å². The fraction of sp³-hybridized carbons (Fsp3) is 0.188. The zero-order valence-corrected chi connectivity index (χ0v) is 15.5. The van der Waals surface area contributed by atoms with Crippen molar-refractivity contribution < 1.29 is 4.21 Å². The summed E-state index contributed by atoms with van der Waals surface area (Å²) in [5.41, 5.74) is 7.54. The Morgan fingerprint density at radius 2 is 2.00 bits per heavy atom. The van der Waals surface area contributed by atoms with E-state index in [0.29, 0.717) is 16.7 Å². The molecule has 0 saturated heterocycles. The molecule has 0 fully saturated rings. The second kappa shape index (κ2) is 7.86. The number of halogens is 1. The van der Waals surface area contributed by atoms with Gasteiger partial charge in [0.1, 0.15) is 0 Å². The quantitative estimate of drug-likeness (QED) is 0.506. The summed E-state index contributed by atoms with van der Waals surface area (Å²) >= 11 is 7.89. The van der Waals surface area contributed by atoms with E-state index in [1.54, 1.807) is 22.9 Å². The zero-order chi connectivity index (χ0) is 17.0. The summed E-state index contributed by atoms with van der Waals surface area (Å²) in [7, 11) is 0.762. The largest absolute Gasteiger partial charge is 0.369 e. The molecule has 2 aromatic rings. The Balaban J connectivity index is 2.34. The summed E-state index contributed by atoms with van der Waals surface area (Å²) in [4.78, 5) is 7.84. The van der Waals surface area contributed by atoms with E-state index in [-0.39, 0.29) is 0 Å². The van der Waals surface area contributed by atoms with Gasteiger partial charge in [-0.05, 0) is 36.6 Å². The third-order valence-electron chi connectivity index (χ3n) is 3.28. The lowest BCUT2D eigenvalue weighted by Gasteiger charge is -2.19. The second-order valence-corrected chi connectivity index (χ2v) is 7.38. The topological polar surface area (TPSA) is 58.7 Å². The summed E-state index contributed by atoms with van der Waals surface area (Å²) in [6, 6.07) is 13.0. The van der Waals surface area contributed by atoms with Crippen LogP contribution in [0.4, 0.5) is 11.4 Å². The van der Waals surface area contributed by atoms with Crippen LogP contribution in [0.5, 0.6) is 0 Å². The number of anilines is 1. The number of nitrogens with zero attached hydrogens (tertiary/aromatic N) is 2. The monoisotopic (exact) mass is 367 g/mol. The summed E-state index contributed by atoms with van der Waals surface area (Å²) in [6.45, 7) is 0. The normalized spacial score (nSPS) is 13.0. The van der Waals surface area contributed by atoms with Gasteiger partial charge in [0.2, 0.25) is 5.96 Å². The number of hydrogen-bond donors (Lipinski definition) is 1. The molecule has 0 aliphatic rings. The number of aliphatic imine (C=N–C) groups is 1. The Morgan fingerprint density at radius 1 is 1.30 bits per heavy atom. The first-order chi connectivity index (χ1) is 10.9. The van der Waals surface area contributed by atoms with E-state index >= 15 is 0 Å². The lowest BCUT2D eigenvalue weighted by molar-refractivity contribution is 0.687. The fourth-order valence-electron chi connectivity index (χ4n) is 1.94. The molecule has 0 spiro atoms. The summed E-state index contributed by atoms with van der Waals surface area (Å²) in [5, 5.41) is 0.583. The maximum atomic E-state index is 11.6. The lowest BCUT2D eigenvalue weighted by Crippen LogP contribution is -2.33. The van der Waals surface area contributed by atoms with Gasteiger partial charge in [-0.15, -0.1) is 11.8 Å². The van der Waals surface area contributed by atoms with Crippen molar-refractivity contribution in [1.29, 1.82) is 0 Å². The number of guanidine groups is 1. The number of hydrogen-bond acceptors (Lipinski definition) is 3. The van der Waals surface area contributed by atoms with Crippen molar-refractivity contribution in [2.75, 3.05) is 24.5 Å². The second-order valence-electron chi connectivity index (χ2n) is 4.77. The minimum Gasteiger partial charge on any atom is -0.369 e. The van der Waals surface area contributed by atoms with Crippen LogP contribution in [0, 0.1) is 0 Å². The van der Waals surface area contributed by atoms with Gasteiger partial charge in [0.15, 0.2) is 0 Å². The van der Waals surface area contributed by atoms with Crippen molar-refractivity contribution in [3.63, 3.8) is 0 Å². The Kier molecular flexibility index (Phi) is 6.10. The summed E-state index contributed by atoms with van der Waals surface area (Å²) in [5.74, 6) is 0.309. The van der Waals surface area contributed by atoms with E-state index in [1.165, 1.54) is 0 Å². The standard InChI is InChI=1S/C16H18ClN3OS2/c1-20(11-6-4-7-12(10-11)23(3)21)16(18)19-13-8-5-9-14(22-2)15(13)17/h4-10H,1-3H3,(H2,18,19)/t23-/m1/s1. The summed E-state index contributed by atoms with van der Waals surface area (Å²) < 4.78 is 11.6. The molecule has 7 heteroatoms. The van der Waals surface area contributed by atoms with Crippen LogP contribution in [0.1, 0.15) is 0 Å². The number of benzene rings is 2. The third-order valence-corrected chi connectivity index (χ3v) is 5.49. The van der Waals surface area contributed by atoms with Crippen LogP contribution in [-0.4, -0.2) is 29.7 Å². The smallest absolute Gasteiger partial charge is 0.200 e. The van der Waals surface area contributed by atoms with Gasteiger partial charge in [0.05, 0.1) is 10.7 Å². The van der Waals surface area contributed by atoms with Crippen molar-refractivity contribution in [3.8, 4) is 0 Å². The van der Waals surface area contributed by atoms with E-state index in [1.807, 2.05) is 55.8 Å². The molecule has 0 unspecified atom stereocenters. The van der Waals surface area contributed by atoms with Crippen molar-refractivity contribution >= 4 is 51.5 Å².